The third kappa shape index (κ3) is 4.69. The molecule has 2 fully saturated rings. The number of pyridine rings is 1. The van der Waals surface area contributed by atoms with E-state index in [1.165, 1.54) is 24.0 Å². The topological polar surface area (TPSA) is 92.6 Å². The van der Waals surface area contributed by atoms with Crippen molar-refractivity contribution in [2.24, 2.45) is 13.0 Å². The Morgan fingerprint density at radius 2 is 1.90 bits per heavy atom. The van der Waals surface area contributed by atoms with Gasteiger partial charge in [-0.2, -0.15) is 0 Å². The molecule has 6 rings (SSSR count). The molecule has 1 aromatic carbocycles. The Kier molecular flexibility index (Phi) is 6.41. The molecular weight excluding hydrogens is 492 g/mol. The van der Waals surface area contributed by atoms with E-state index in [2.05, 4.69) is 66.3 Å². The molecule has 1 saturated carbocycles. The predicted octanol–water partition coefficient (Wildman–Crippen LogP) is 4.75. The van der Waals surface area contributed by atoms with Crippen LogP contribution in [-0.2, 0) is 30.5 Å². The van der Waals surface area contributed by atoms with Gasteiger partial charge in [0, 0.05) is 33.1 Å². The maximum Gasteiger partial charge on any atom is 0.329 e. The molecular formula is C30H36N6O3. The van der Waals surface area contributed by atoms with Crippen LogP contribution in [-0.4, -0.2) is 44.0 Å². The minimum Gasteiger partial charge on any atom is -0.490 e. The number of fused-ring (bicyclic) bond motifs is 1. The van der Waals surface area contributed by atoms with Gasteiger partial charge in [0.05, 0.1) is 17.4 Å². The van der Waals surface area contributed by atoms with Gasteiger partial charge in [-0.05, 0) is 68.4 Å². The first kappa shape index (κ1) is 25.6. The standard InChI is InChI=1S/C30H36N6O3/c1-19-6-5-7-24(19)39-22-11-8-20(9-12-22)17-35-18-21-10-13-23(32-27(21)30(35,2)3)28-31-16-26(34(28)4)36-15-14-25(37)33-29(36)38/h8-13,16,19,24H,5-7,14-15,17-18H2,1-4H3,(H,33,37,38)/t19-,24?/m1/s1. The van der Waals surface area contributed by atoms with Crippen molar-refractivity contribution in [2.75, 3.05) is 11.4 Å². The van der Waals surface area contributed by atoms with E-state index < -0.39 is 6.03 Å². The molecule has 1 unspecified atom stereocenters. The Morgan fingerprint density at radius 1 is 1.10 bits per heavy atom. The molecule has 9 heteroatoms. The summed E-state index contributed by atoms with van der Waals surface area (Å²) in [6, 6.07) is 12.3. The second kappa shape index (κ2) is 9.79. The maximum atomic E-state index is 12.4. The normalized spacial score (nSPS) is 22.7. The first-order chi connectivity index (χ1) is 18.7. The number of imide groups is 1. The van der Waals surface area contributed by atoms with E-state index in [0.29, 0.717) is 30.2 Å². The van der Waals surface area contributed by atoms with Gasteiger partial charge in [-0.3, -0.25) is 19.9 Å². The molecule has 39 heavy (non-hydrogen) atoms. The SMILES string of the molecule is C[C@@H]1CCCC1Oc1ccc(CN2Cc3ccc(-c4ncc(N5CCC(=O)NC5=O)n4C)nc3C2(C)C)cc1. The molecule has 1 saturated heterocycles. The Balaban J connectivity index is 1.18. The summed E-state index contributed by atoms with van der Waals surface area (Å²) in [4.78, 5) is 37.6. The molecule has 3 aliphatic rings. The minimum atomic E-state index is -0.424. The highest BCUT2D eigenvalue weighted by Crippen LogP contribution is 2.40. The molecule has 9 nitrogen and oxygen atoms in total. The molecule has 2 atom stereocenters. The number of carbonyl (C=O) groups excluding carboxylic acids is 2. The van der Waals surface area contributed by atoms with Crippen molar-refractivity contribution in [3.63, 3.8) is 0 Å². The fourth-order valence-electron chi connectivity index (χ4n) is 6.10. The van der Waals surface area contributed by atoms with E-state index in [1.807, 2.05) is 17.7 Å². The average molecular weight is 529 g/mol. The molecule has 1 aliphatic carbocycles. The zero-order valence-corrected chi connectivity index (χ0v) is 23.1. The van der Waals surface area contributed by atoms with Crippen LogP contribution in [0.3, 0.4) is 0 Å². The van der Waals surface area contributed by atoms with Crippen LogP contribution in [0.2, 0.25) is 0 Å². The molecule has 0 spiro atoms. The van der Waals surface area contributed by atoms with Gasteiger partial charge in [0.15, 0.2) is 5.82 Å². The molecule has 2 aromatic heterocycles. The van der Waals surface area contributed by atoms with Crippen molar-refractivity contribution in [1.82, 2.24) is 24.8 Å². The number of imidazole rings is 1. The van der Waals surface area contributed by atoms with Crippen LogP contribution in [0, 0.1) is 5.92 Å². The van der Waals surface area contributed by atoms with Gasteiger partial charge in [-0.15, -0.1) is 0 Å². The number of ether oxygens (including phenoxy) is 1. The van der Waals surface area contributed by atoms with Crippen LogP contribution < -0.4 is 15.0 Å². The molecule has 0 radical (unpaired) electrons. The van der Waals surface area contributed by atoms with Crippen LogP contribution in [0.5, 0.6) is 5.75 Å². The lowest BCUT2D eigenvalue weighted by molar-refractivity contribution is -0.120. The van der Waals surface area contributed by atoms with Crippen molar-refractivity contribution in [2.45, 2.75) is 71.2 Å². The van der Waals surface area contributed by atoms with Gasteiger partial charge >= 0.3 is 6.03 Å². The quantitative estimate of drug-likeness (QED) is 0.497. The highest BCUT2D eigenvalue weighted by atomic mass is 16.5. The van der Waals surface area contributed by atoms with Crippen molar-refractivity contribution < 1.29 is 14.3 Å². The molecule has 4 heterocycles. The summed E-state index contributed by atoms with van der Waals surface area (Å²) in [5, 5.41) is 2.37. The van der Waals surface area contributed by atoms with Gasteiger partial charge in [0.25, 0.3) is 0 Å². The monoisotopic (exact) mass is 528 g/mol. The van der Waals surface area contributed by atoms with Crippen molar-refractivity contribution in [3.05, 3.63) is 59.4 Å². The molecule has 1 N–H and O–H groups in total. The summed E-state index contributed by atoms with van der Waals surface area (Å²) in [6.07, 6.45) is 5.91. The lowest BCUT2D eigenvalue weighted by Crippen LogP contribution is -2.50. The highest BCUT2D eigenvalue weighted by molar-refractivity contribution is 6.05. The van der Waals surface area contributed by atoms with Gasteiger partial charge in [0.1, 0.15) is 23.4 Å². The van der Waals surface area contributed by atoms with Crippen molar-refractivity contribution in [3.8, 4) is 17.3 Å². The largest absolute Gasteiger partial charge is 0.490 e. The number of benzene rings is 1. The number of urea groups is 1. The van der Waals surface area contributed by atoms with E-state index in [0.717, 1.165) is 36.6 Å². The second-order valence-electron chi connectivity index (χ2n) is 11.6. The fourth-order valence-corrected chi connectivity index (χ4v) is 6.10. The molecule has 204 valence electrons. The minimum absolute atomic E-state index is 0.256. The van der Waals surface area contributed by atoms with E-state index in [4.69, 9.17) is 9.72 Å². The van der Waals surface area contributed by atoms with Gasteiger partial charge < -0.3 is 9.30 Å². The smallest absolute Gasteiger partial charge is 0.329 e. The Hall–Kier alpha value is -3.72. The van der Waals surface area contributed by atoms with Crippen LogP contribution in [0.15, 0.2) is 42.6 Å². The number of aromatic nitrogens is 3. The molecule has 3 aromatic rings. The van der Waals surface area contributed by atoms with Crippen LogP contribution in [0.4, 0.5) is 10.6 Å². The second-order valence-corrected chi connectivity index (χ2v) is 11.6. The molecule has 3 amide bonds. The van der Waals surface area contributed by atoms with Crippen molar-refractivity contribution in [1.29, 1.82) is 0 Å². The summed E-state index contributed by atoms with van der Waals surface area (Å²) in [5.41, 5.74) is 3.99. The van der Waals surface area contributed by atoms with Crippen LogP contribution >= 0.6 is 0 Å². The zero-order chi connectivity index (χ0) is 27.3. The van der Waals surface area contributed by atoms with E-state index >= 15 is 0 Å². The first-order valence-corrected chi connectivity index (χ1v) is 13.8. The fraction of sp³-hybridized carbons (Fsp3) is 0.467. The third-order valence-electron chi connectivity index (χ3n) is 8.60. The average Bonchev–Trinajstić information content (AvgIpc) is 3.56. The van der Waals surface area contributed by atoms with Crippen molar-refractivity contribution >= 4 is 17.8 Å². The van der Waals surface area contributed by atoms with E-state index in [9.17, 15) is 9.59 Å². The first-order valence-electron chi connectivity index (χ1n) is 13.8. The number of nitrogens with zero attached hydrogens (tertiary/aromatic N) is 5. The Bertz CT molecular complexity index is 1410. The summed E-state index contributed by atoms with van der Waals surface area (Å²) in [5.74, 6) is 2.63. The maximum absolute atomic E-state index is 12.4. The predicted molar refractivity (Wildman–Crippen MR) is 148 cm³/mol. The number of carbonyl (C=O) groups is 2. The molecule has 2 aliphatic heterocycles. The number of anilines is 1. The summed E-state index contributed by atoms with van der Waals surface area (Å²) in [7, 11) is 1.87. The number of amides is 3. The summed E-state index contributed by atoms with van der Waals surface area (Å²) >= 11 is 0. The summed E-state index contributed by atoms with van der Waals surface area (Å²) < 4.78 is 8.11. The van der Waals surface area contributed by atoms with Gasteiger partial charge in [0.2, 0.25) is 5.91 Å². The van der Waals surface area contributed by atoms with Crippen LogP contribution in [0.1, 0.15) is 63.3 Å². The molecule has 0 bridgehead atoms. The van der Waals surface area contributed by atoms with E-state index in [-0.39, 0.29) is 17.9 Å². The van der Waals surface area contributed by atoms with Gasteiger partial charge in [-0.1, -0.05) is 25.1 Å². The number of hydrogen-bond donors (Lipinski definition) is 1. The lowest BCUT2D eigenvalue weighted by atomic mass is 9.98. The van der Waals surface area contributed by atoms with E-state index in [1.54, 1.807) is 11.1 Å². The Morgan fingerprint density at radius 3 is 2.62 bits per heavy atom. The zero-order valence-electron chi connectivity index (χ0n) is 23.1. The van der Waals surface area contributed by atoms with Gasteiger partial charge in [-0.25, -0.2) is 14.8 Å². The number of hydrogen-bond acceptors (Lipinski definition) is 6. The number of rotatable bonds is 6. The lowest BCUT2D eigenvalue weighted by Gasteiger charge is -2.31. The Labute approximate surface area is 229 Å². The number of nitrogens with one attached hydrogen (secondary N) is 1. The highest BCUT2D eigenvalue weighted by Gasteiger charge is 2.39. The van der Waals surface area contributed by atoms with Crippen LogP contribution in [0.25, 0.3) is 11.5 Å². The third-order valence-corrected chi connectivity index (χ3v) is 8.60. The summed E-state index contributed by atoms with van der Waals surface area (Å²) in [6.45, 7) is 8.67.